The molecular formula is C15H18N2O4. The number of fused-ring (bicyclic) bond motifs is 1. The van der Waals surface area contributed by atoms with Gasteiger partial charge in [0.1, 0.15) is 18.8 Å². The highest BCUT2D eigenvalue weighted by Crippen LogP contribution is 2.38. The Morgan fingerprint density at radius 1 is 1.10 bits per heavy atom. The number of amides is 1. The summed E-state index contributed by atoms with van der Waals surface area (Å²) in [5, 5.41) is 3.30. The van der Waals surface area contributed by atoms with Gasteiger partial charge in [0.15, 0.2) is 11.5 Å². The number of rotatable bonds is 1. The van der Waals surface area contributed by atoms with Gasteiger partial charge in [-0.2, -0.15) is 0 Å². The van der Waals surface area contributed by atoms with Gasteiger partial charge in [-0.3, -0.25) is 4.90 Å². The van der Waals surface area contributed by atoms with Crippen molar-refractivity contribution in [3.63, 3.8) is 0 Å². The smallest absolute Gasteiger partial charge is 0.415 e. The van der Waals surface area contributed by atoms with E-state index >= 15 is 0 Å². The number of hydrogen-bond acceptors (Lipinski definition) is 5. The van der Waals surface area contributed by atoms with Crippen LogP contribution in [0.2, 0.25) is 0 Å². The fraction of sp³-hybridized carbons (Fsp3) is 0.533. The van der Waals surface area contributed by atoms with E-state index in [-0.39, 0.29) is 11.7 Å². The average molecular weight is 290 g/mol. The highest BCUT2D eigenvalue weighted by atomic mass is 16.6. The molecule has 0 saturated carbocycles. The molecule has 1 N–H and O–H groups in total. The van der Waals surface area contributed by atoms with Crippen LogP contribution in [0.1, 0.15) is 12.8 Å². The molecule has 112 valence electrons. The molecule has 0 atom stereocenters. The van der Waals surface area contributed by atoms with Crippen LogP contribution in [-0.4, -0.2) is 44.5 Å². The molecule has 6 nitrogen and oxygen atoms in total. The van der Waals surface area contributed by atoms with Crippen LogP contribution in [0.15, 0.2) is 18.2 Å². The van der Waals surface area contributed by atoms with Crippen molar-refractivity contribution in [2.75, 3.05) is 37.7 Å². The van der Waals surface area contributed by atoms with Crippen LogP contribution < -0.4 is 19.7 Å². The molecule has 3 heterocycles. The van der Waals surface area contributed by atoms with Crippen molar-refractivity contribution >= 4 is 11.8 Å². The molecule has 2 saturated heterocycles. The lowest BCUT2D eigenvalue weighted by molar-refractivity contribution is 0.0316. The first-order chi connectivity index (χ1) is 10.3. The molecule has 0 unspecified atom stereocenters. The quantitative estimate of drug-likeness (QED) is 0.850. The van der Waals surface area contributed by atoms with Crippen molar-refractivity contribution in [3.05, 3.63) is 18.2 Å². The minimum absolute atomic E-state index is 0.270. The third-order valence-corrected chi connectivity index (χ3v) is 4.32. The number of anilines is 1. The Labute approximate surface area is 123 Å². The monoisotopic (exact) mass is 290 g/mol. The van der Waals surface area contributed by atoms with Gasteiger partial charge in [-0.25, -0.2) is 4.79 Å². The largest absolute Gasteiger partial charge is 0.486 e. The Morgan fingerprint density at radius 2 is 1.86 bits per heavy atom. The zero-order valence-corrected chi connectivity index (χ0v) is 11.8. The van der Waals surface area contributed by atoms with Crippen LogP contribution in [0.25, 0.3) is 0 Å². The van der Waals surface area contributed by atoms with Crippen molar-refractivity contribution in [3.8, 4) is 11.5 Å². The molecule has 6 heteroatoms. The van der Waals surface area contributed by atoms with Crippen LogP contribution in [0.4, 0.5) is 10.5 Å². The van der Waals surface area contributed by atoms with Crippen LogP contribution >= 0.6 is 0 Å². The Bertz CT molecular complexity index is 569. The molecule has 1 aromatic carbocycles. The second-order valence-corrected chi connectivity index (χ2v) is 5.72. The van der Waals surface area contributed by atoms with E-state index in [0.29, 0.717) is 25.5 Å². The summed E-state index contributed by atoms with van der Waals surface area (Å²) in [4.78, 5) is 13.9. The van der Waals surface area contributed by atoms with Crippen molar-refractivity contribution < 1.29 is 19.0 Å². The number of hydrogen-bond donors (Lipinski definition) is 1. The predicted molar refractivity (Wildman–Crippen MR) is 76.1 cm³/mol. The van der Waals surface area contributed by atoms with E-state index in [0.717, 1.165) is 37.4 Å². The summed E-state index contributed by atoms with van der Waals surface area (Å²) in [5.74, 6) is 1.42. The second-order valence-electron chi connectivity index (χ2n) is 5.72. The number of nitrogens with one attached hydrogen (secondary N) is 1. The van der Waals surface area contributed by atoms with E-state index in [1.54, 1.807) is 4.90 Å². The molecule has 3 aliphatic rings. The summed E-state index contributed by atoms with van der Waals surface area (Å²) < 4.78 is 16.8. The summed E-state index contributed by atoms with van der Waals surface area (Å²) in [6, 6.07) is 5.59. The SMILES string of the molecule is O=C1OC2(CCNCC2)CN1c1ccc2c(c1)OCCO2. The third kappa shape index (κ3) is 2.19. The third-order valence-electron chi connectivity index (χ3n) is 4.32. The highest BCUT2D eigenvalue weighted by molar-refractivity contribution is 5.90. The number of nitrogens with zero attached hydrogens (tertiary/aromatic N) is 1. The standard InChI is InChI=1S/C15H18N2O4/c18-14-17(10-15(21-14)3-5-16-6-4-15)11-1-2-12-13(9-11)20-8-7-19-12/h1-2,9,16H,3-8,10H2. The zero-order chi connectivity index (χ0) is 14.3. The van der Waals surface area contributed by atoms with E-state index in [2.05, 4.69) is 5.32 Å². The fourth-order valence-electron chi connectivity index (χ4n) is 3.16. The van der Waals surface area contributed by atoms with E-state index in [1.807, 2.05) is 18.2 Å². The Balaban J connectivity index is 1.60. The molecule has 0 aromatic heterocycles. The molecule has 0 radical (unpaired) electrons. The summed E-state index contributed by atoms with van der Waals surface area (Å²) in [6.07, 6.45) is 1.45. The topological polar surface area (TPSA) is 60.0 Å². The minimum Gasteiger partial charge on any atom is -0.486 e. The maximum Gasteiger partial charge on any atom is 0.415 e. The molecule has 0 bridgehead atoms. The van der Waals surface area contributed by atoms with E-state index in [9.17, 15) is 4.79 Å². The lowest BCUT2D eigenvalue weighted by Gasteiger charge is -2.31. The first kappa shape index (κ1) is 12.8. The predicted octanol–water partition coefficient (Wildman–Crippen LogP) is 1.54. The van der Waals surface area contributed by atoms with Crippen molar-refractivity contribution in [2.24, 2.45) is 0 Å². The summed E-state index contributed by atoms with van der Waals surface area (Å²) in [6.45, 7) is 3.49. The van der Waals surface area contributed by atoms with Crippen molar-refractivity contribution in [1.82, 2.24) is 5.32 Å². The summed E-state index contributed by atoms with van der Waals surface area (Å²) >= 11 is 0. The molecule has 1 spiro atoms. The average Bonchev–Trinajstić information content (AvgIpc) is 2.83. The molecule has 4 rings (SSSR count). The van der Waals surface area contributed by atoms with Gasteiger partial charge in [-0.15, -0.1) is 0 Å². The number of ether oxygens (including phenoxy) is 3. The fourth-order valence-corrected chi connectivity index (χ4v) is 3.16. The minimum atomic E-state index is -0.338. The van der Waals surface area contributed by atoms with Gasteiger partial charge >= 0.3 is 6.09 Å². The molecular weight excluding hydrogens is 272 g/mol. The van der Waals surface area contributed by atoms with Gasteiger partial charge in [0, 0.05) is 18.9 Å². The van der Waals surface area contributed by atoms with Gasteiger partial charge in [-0.1, -0.05) is 0 Å². The van der Waals surface area contributed by atoms with Gasteiger partial charge < -0.3 is 19.5 Å². The van der Waals surface area contributed by atoms with Crippen molar-refractivity contribution in [1.29, 1.82) is 0 Å². The molecule has 2 fully saturated rings. The van der Waals surface area contributed by atoms with Crippen LogP contribution in [-0.2, 0) is 4.74 Å². The van der Waals surface area contributed by atoms with E-state index in [1.165, 1.54) is 0 Å². The van der Waals surface area contributed by atoms with Gasteiger partial charge in [0.05, 0.1) is 12.2 Å². The lowest BCUT2D eigenvalue weighted by atomic mass is 9.92. The molecule has 0 aliphatic carbocycles. The first-order valence-electron chi connectivity index (χ1n) is 7.37. The molecule has 3 aliphatic heterocycles. The van der Waals surface area contributed by atoms with Gasteiger partial charge in [0.2, 0.25) is 0 Å². The first-order valence-corrected chi connectivity index (χ1v) is 7.37. The summed E-state index contributed by atoms with van der Waals surface area (Å²) in [5.41, 5.74) is 0.468. The Hall–Kier alpha value is -1.95. The highest BCUT2D eigenvalue weighted by Gasteiger charge is 2.46. The number of benzene rings is 1. The van der Waals surface area contributed by atoms with Crippen LogP contribution in [0, 0.1) is 0 Å². The van der Waals surface area contributed by atoms with E-state index in [4.69, 9.17) is 14.2 Å². The molecule has 1 aromatic rings. The van der Waals surface area contributed by atoms with Crippen LogP contribution in [0.3, 0.4) is 0 Å². The van der Waals surface area contributed by atoms with E-state index < -0.39 is 0 Å². The van der Waals surface area contributed by atoms with Crippen LogP contribution in [0.5, 0.6) is 11.5 Å². The Kier molecular flexibility index (Phi) is 2.92. The Morgan fingerprint density at radius 3 is 2.67 bits per heavy atom. The second kappa shape index (κ2) is 4.80. The zero-order valence-electron chi connectivity index (χ0n) is 11.8. The maximum atomic E-state index is 12.2. The number of carbonyl (C=O) groups excluding carboxylic acids is 1. The number of piperidine rings is 1. The summed E-state index contributed by atoms with van der Waals surface area (Å²) in [7, 11) is 0. The molecule has 1 amide bonds. The maximum absolute atomic E-state index is 12.2. The molecule has 21 heavy (non-hydrogen) atoms. The number of carbonyl (C=O) groups is 1. The van der Waals surface area contributed by atoms with Crippen molar-refractivity contribution in [2.45, 2.75) is 18.4 Å². The van der Waals surface area contributed by atoms with Gasteiger partial charge in [0.25, 0.3) is 0 Å². The van der Waals surface area contributed by atoms with Gasteiger partial charge in [-0.05, 0) is 25.2 Å². The normalized spacial score (nSPS) is 23.2. The lowest BCUT2D eigenvalue weighted by Crippen LogP contribution is -2.44.